The van der Waals surface area contributed by atoms with Crippen LogP contribution in [-0.4, -0.2) is 17.5 Å². The monoisotopic (exact) mass is 330 g/mol. The van der Waals surface area contributed by atoms with Crippen molar-refractivity contribution in [2.45, 2.75) is 13.8 Å². The molecular weight excluding hydrogens is 315 g/mol. The van der Waals surface area contributed by atoms with Crippen LogP contribution in [0.4, 0.5) is 9.52 Å². The number of carbonyl (C=O) groups is 1. The molecule has 0 atom stereocenters. The highest BCUT2D eigenvalue weighted by atomic mass is 32.1. The second kappa shape index (κ2) is 6.34. The van der Waals surface area contributed by atoms with Crippen LogP contribution in [-0.2, 0) is 4.79 Å². The first-order valence-electron chi connectivity index (χ1n) is 7.08. The number of thiazole rings is 1. The SMILES string of the molecule is Cc1cccc(C)c1OCC(=O)Nc1nc2c(F)cccc2s1. The lowest BCUT2D eigenvalue weighted by Gasteiger charge is -2.11. The van der Waals surface area contributed by atoms with Crippen molar-refractivity contribution in [3.63, 3.8) is 0 Å². The van der Waals surface area contributed by atoms with E-state index in [-0.39, 0.29) is 18.0 Å². The van der Waals surface area contributed by atoms with Crippen LogP contribution >= 0.6 is 11.3 Å². The van der Waals surface area contributed by atoms with E-state index in [0.29, 0.717) is 15.6 Å². The quantitative estimate of drug-likeness (QED) is 0.784. The van der Waals surface area contributed by atoms with Gasteiger partial charge in [0.1, 0.15) is 17.1 Å². The van der Waals surface area contributed by atoms with Gasteiger partial charge >= 0.3 is 0 Å². The Hall–Kier alpha value is -2.47. The molecule has 0 fully saturated rings. The molecule has 0 unspecified atom stereocenters. The van der Waals surface area contributed by atoms with Crippen molar-refractivity contribution < 1.29 is 13.9 Å². The van der Waals surface area contributed by atoms with E-state index in [2.05, 4.69) is 10.3 Å². The summed E-state index contributed by atoms with van der Waals surface area (Å²) in [6.07, 6.45) is 0. The van der Waals surface area contributed by atoms with Crippen molar-refractivity contribution in [2.75, 3.05) is 11.9 Å². The summed E-state index contributed by atoms with van der Waals surface area (Å²) in [6, 6.07) is 10.5. The Kier molecular flexibility index (Phi) is 4.25. The maximum Gasteiger partial charge on any atom is 0.264 e. The minimum atomic E-state index is -0.397. The van der Waals surface area contributed by atoms with Gasteiger partial charge in [0, 0.05) is 0 Å². The fraction of sp³-hybridized carbons (Fsp3) is 0.176. The molecule has 0 aliphatic heterocycles. The zero-order chi connectivity index (χ0) is 16.4. The number of hydrogen-bond acceptors (Lipinski definition) is 4. The molecular formula is C17H15FN2O2S. The lowest BCUT2D eigenvalue weighted by molar-refractivity contribution is -0.118. The number of fused-ring (bicyclic) bond motifs is 1. The molecule has 3 aromatic rings. The first-order valence-corrected chi connectivity index (χ1v) is 7.90. The van der Waals surface area contributed by atoms with Gasteiger partial charge in [0.05, 0.1) is 4.70 Å². The smallest absolute Gasteiger partial charge is 0.264 e. The van der Waals surface area contributed by atoms with E-state index in [1.165, 1.54) is 17.4 Å². The first kappa shape index (κ1) is 15.4. The highest BCUT2D eigenvalue weighted by molar-refractivity contribution is 7.22. The number of aryl methyl sites for hydroxylation is 2. The molecule has 23 heavy (non-hydrogen) atoms. The molecule has 6 heteroatoms. The highest BCUT2D eigenvalue weighted by Crippen LogP contribution is 2.27. The predicted molar refractivity (Wildman–Crippen MR) is 89.6 cm³/mol. The first-order chi connectivity index (χ1) is 11.0. The van der Waals surface area contributed by atoms with Crippen molar-refractivity contribution >= 4 is 32.6 Å². The van der Waals surface area contributed by atoms with Crippen LogP contribution in [0.5, 0.6) is 5.75 Å². The predicted octanol–water partition coefficient (Wildman–Crippen LogP) is 4.07. The number of nitrogens with zero attached hydrogens (tertiary/aromatic N) is 1. The zero-order valence-corrected chi connectivity index (χ0v) is 13.5. The number of hydrogen-bond donors (Lipinski definition) is 1. The van der Waals surface area contributed by atoms with E-state index in [4.69, 9.17) is 4.74 Å². The third kappa shape index (κ3) is 3.32. The van der Waals surface area contributed by atoms with Crippen molar-refractivity contribution in [3.8, 4) is 5.75 Å². The lowest BCUT2D eigenvalue weighted by Crippen LogP contribution is -2.20. The van der Waals surface area contributed by atoms with Gasteiger partial charge in [0.25, 0.3) is 5.91 Å². The number of aromatic nitrogens is 1. The summed E-state index contributed by atoms with van der Waals surface area (Å²) in [7, 11) is 0. The van der Waals surface area contributed by atoms with Crippen molar-refractivity contribution in [3.05, 3.63) is 53.3 Å². The van der Waals surface area contributed by atoms with Gasteiger partial charge in [-0.1, -0.05) is 35.6 Å². The van der Waals surface area contributed by atoms with E-state index < -0.39 is 5.82 Å². The Morgan fingerprint density at radius 2 is 1.91 bits per heavy atom. The van der Waals surface area contributed by atoms with Crippen LogP contribution in [0.1, 0.15) is 11.1 Å². The van der Waals surface area contributed by atoms with Crippen molar-refractivity contribution in [2.24, 2.45) is 0 Å². The van der Waals surface area contributed by atoms with Crippen LogP contribution in [0.25, 0.3) is 10.2 Å². The Bertz CT molecular complexity index is 856. The summed E-state index contributed by atoms with van der Waals surface area (Å²) in [4.78, 5) is 16.1. The van der Waals surface area contributed by atoms with E-state index in [1.807, 2.05) is 32.0 Å². The minimum absolute atomic E-state index is 0.121. The third-order valence-corrected chi connectivity index (χ3v) is 4.31. The maximum absolute atomic E-state index is 13.6. The van der Waals surface area contributed by atoms with Crippen LogP contribution in [0, 0.1) is 19.7 Å². The molecule has 0 spiro atoms. The minimum Gasteiger partial charge on any atom is -0.483 e. The van der Waals surface area contributed by atoms with E-state index in [0.717, 1.165) is 11.1 Å². The largest absolute Gasteiger partial charge is 0.483 e. The lowest BCUT2D eigenvalue weighted by atomic mass is 10.1. The number of benzene rings is 2. The van der Waals surface area contributed by atoms with Crippen LogP contribution in [0.15, 0.2) is 36.4 Å². The molecule has 0 radical (unpaired) electrons. The number of para-hydroxylation sites is 2. The number of rotatable bonds is 4. The Morgan fingerprint density at radius 1 is 1.22 bits per heavy atom. The van der Waals surface area contributed by atoms with E-state index in [9.17, 15) is 9.18 Å². The fourth-order valence-electron chi connectivity index (χ4n) is 2.29. The summed E-state index contributed by atoms with van der Waals surface area (Å²) in [5, 5.41) is 3.01. The van der Waals surface area contributed by atoms with E-state index >= 15 is 0 Å². The molecule has 0 saturated heterocycles. The molecule has 4 nitrogen and oxygen atoms in total. The summed E-state index contributed by atoms with van der Waals surface area (Å²) < 4.78 is 19.9. The zero-order valence-electron chi connectivity index (χ0n) is 12.7. The summed E-state index contributed by atoms with van der Waals surface area (Å²) in [6.45, 7) is 3.73. The Balaban J connectivity index is 1.68. The van der Waals surface area contributed by atoms with Gasteiger partial charge in [0.15, 0.2) is 11.7 Å². The summed E-state index contributed by atoms with van der Waals surface area (Å²) in [5.41, 5.74) is 2.21. The number of carbonyl (C=O) groups excluding carboxylic acids is 1. The highest BCUT2D eigenvalue weighted by Gasteiger charge is 2.12. The molecule has 1 heterocycles. The number of anilines is 1. The average molecular weight is 330 g/mol. The van der Waals surface area contributed by atoms with Gasteiger partial charge in [-0.05, 0) is 37.1 Å². The molecule has 118 valence electrons. The average Bonchev–Trinajstić information content (AvgIpc) is 2.90. The van der Waals surface area contributed by atoms with Gasteiger partial charge < -0.3 is 4.74 Å². The molecule has 1 amide bonds. The van der Waals surface area contributed by atoms with Crippen LogP contribution < -0.4 is 10.1 Å². The topological polar surface area (TPSA) is 51.2 Å². The normalized spacial score (nSPS) is 10.7. The molecule has 0 aliphatic rings. The van der Waals surface area contributed by atoms with Gasteiger partial charge in [-0.15, -0.1) is 0 Å². The molecule has 0 bridgehead atoms. The summed E-state index contributed by atoms with van der Waals surface area (Å²) >= 11 is 1.23. The summed E-state index contributed by atoms with van der Waals surface area (Å²) in [5.74, 6) is -0.0175. The third-order valence-electron chi connectivity index (χ3n) is 3.37. The van der Waals surface area contributed by atoms with Crippen molar-refractivity contribution in [1.82, 2.24) is 4.98 Å². The second-order valence-electron chi connectivity index (χ2n) is 5.16. The Morgan fingerprint density at radius 3 is 2.61 bits per heavy atom. The number of nitrogens with one attached hydrogen (secondary N) is 1. The second-order valence-corrected chi connectivity index (χ2v) is 6.19. The number of ether oxygens (including phenoxy) is 1. The van der Waals surface area contributed by atoms with Crippen LogP contribution in [0.2, 0.25) is 0 Å². The van der Waals surface area contributed by atoms with Gasteiger partial charge in [0.2, 0.25) is 0 Å². The molecule has 0 aliphatic carbocycles. The van der Waals surface area contributed by atoms with Crippen LogP contribution in [0.3, 0.4) is 0 Å². The molecule has 0 saturated carbocycles. The number of halogens is 1. The van der Waals surface area contributed by atoms with Gasteiger partial charge in [-0.2, -0.15) is 0 Å². The molecule has 3 rings (SSSR count). The Labute approximate surface area is 136 Å². The number of amides is 1. The standard InChI is InChI=1S/C17H15FN2O2S/c1-10-5-3-6-11(2)16(10)22-9-14(21)19-17-20-15-12(18)7-4-8-13(15)23-17/h3-8H,9H2,1-2H3,(H,19,20,21). The molecule has 1 N–H and O–H groups in total. The maximum atomic E-state index is 13.6. The molecule has 1 aromatic heterocycles. The fourth-order valence-corrected chi connectivity index (χ4v) is 3.18. The molecule has 2 aromatic carbocycles. The van der Waals surface area contributed by atoms with Crippen molar-refractivity contribution in [1.29, 1.82) is 0 Å². The van der Waals surface area contributed by atoms with Gasteiger partial charge in [-0.3, -0.25) is 10.1 Å². The van der Waals surface area contributed by atoms with E-state index in [1.54, 1.807) is 12.1 Å². The van der Waals surface area contributed by atoms with Gasteiger partial charge in [-0.25, -0.2) is 9.37 Å².